The number of nitrogens with zero attached hydrogens (tertiary/aromatic N) is 2. The smallest absolute Gasteiger partial charge is 0.327 e. The number of rotatable bonds is 5. The van der Waals surface area contributed by atoms with E-state index in [1.807, 2.05) is 0 Å². The summed E-state index contributed by atoms with van der Waals surface area (Å²) in [4.78, 5) is 47.4. The summed E-state index contributed by atoms with van der Waals surface area (Å²) in [7, 11) is 1.44. The molecule has 1 heterocycles. The Morgan fingerprint density at radius 1 is 1.26 bits per heavy atom. The zero-order valence-corrected chi connectivity index (χ0v) is 10.9. The van der Waals surface area contributed by atoms with Crippen LogP contribution in [0.4, 0.5) is 4.79 Å². The van der Waals surface area contributed by atoms with E-state index in [1.54, 1.807) is 13.8 Å². The Labute approximate surface area is 109 Å². The highest BCUT2D eigenvalue weighted by Crippen LogP contribution is 2.26. The summed E-state index contributed by atoms with van der Waals surface area (Å²) in [6.45, 7) is 2.65. The molecule has 106 valence electrons. The van der Waals surface area contributed by atoms with Crippen LogP contribution in [0.5, 0.6) is 0 Å². The van der Waals surface area contributed by atoms with Gasteiger partial charge in [-0.25, -0.2) is 4.79 Å². The lowest BCUT2D eigenvalue weighted by Gasteiger charge is -2.22. The molecule has 0 aromatic rings. The SMILES string of the molecule is CN1C(=O)N(C[C@@H](CC(=O)O)C(=O)O)C(=O)C1(C)C. The zero-order valence-electron chi connectivity index (χ0n) is 10.9. The van der Waals surface area contributed by atoms with Gasteiger partial charge in [0.1, 0.15) is 5.54 Å². The Morgan fingerprint density at radius 3 is 2.11 bits per heavy atom. The van der Waals surface area contributed by atoms with Crippen molar-refractivity contribution in [1.29, 1.82) is 0 Å². The number of amides is 3. The average Bonchev–Trinajstić information content (AvgIpc) is 2.42. The molecule has 1 aliphatic rings. The third-order valence-electron chi connectivity index (χ3n) is 3.30. The van der Waals surface area contributed by atoms with E-state index in [2.05, 4.69) is 0 Å². The topological polar surface area (TPSA) is 115 Å². The predicted molar refractivity (Wildman–Crippen MR) is 62.3 cm³/mol. The van der Waals surface area contributed by atoms with Gasteiger partial charge in [0, 0.05) is 13.6 Å². The van der Waals surface area contributed by atoms with Crippen molar-refractivity contribution in [2.75, 3.05) is 13.6 Å². The predicted octanol–water partition coefficient (Wildman–Crippen LogP) is -0.165. The molecule has 0 aromatic heterocycles. The molecule has 8 heteroatoms. The van der Waals surface area contributed by atoms with Gasteiger partial charge in [0.05, 0.1) is 12.3 Å². The Hall–Kier alpha value is -2.12. The molecule has 2 N–H and O–H groups in total. The average molecular weight is 272 g/mol. The molecule has 1 saturated heterocycles. The van der Waals surface area contributed by atoms with Crippen molar-refractivity contribution in [2.45, 2.75) is 25.8 Å². The number of aliphatic carboxylic acids is 2. The van der Waals surface area contributed by atoms with E-state index in [9.17, 15) is 19.2 Å². The maximum atomic E-state index is 12.0. The summed E-state index contributed by atoms with van der Waals surface area (Å²) in [5.74, 6) is -4.49. The highest BCUT2D eigenvalue weighted by Gasteiger charge is 2.50. The molecule has 8 nitrogen and oxygen atoms in total. The van der Waals surface area contributed by atoms with Crippen LogP contribution < -0.4 is 0 Å². The van der Waals surface area contributed by atoms with Gasteiger partial charge in [-0.3, -0.25) is 19.3 Å². The first-order valence-corrected chi connectivity index (χ1v) is 5.63. The minimum Gasteiger partial charge on any atom is -0.481 e. The van der Waals surface area contributed by atoms with Crippen molar-refractivity contribution >= 4 is 23.9 Å². The zero-order chi connectivity index (χ0) is 15.0. The summed E-state index contributed by atoms with van der Waals surface area (Å²) in [5, 5.41) is 17.6. The molecule has 0 bridgehead atoms. The van der Waals surface area contributed by atoms with Crippen molar-refractivity contribution in [3.8, 4) is 0 Å². The molecule has 1 rings (SSSR count). The van der Waals surface area contributed by atoms with Crippen LogP contribution in [0.1, 0.15) is 20.3 Å². The Morgan fingerprint density at radius 2 is 1.79 bits per heavy atom. The first-order valence-electron chi connectivity index (χ1n) is 5.63. The maximum Gasteiger partial charge on any atom is 0.327 e. The van der Waals surface area contributed by atoms with Gasteiger partial charge >= 0.3 is 18.0 Å². The van der Waals surface area contributed by atoms with Crippen LogP contribution in [-0.4, -0.2) is 63.0 Å². The molecule has 3 amide bonds. The summed E-state index contributed by atoms with van der Waals surface area (Å²) in [6, 6.07) is -0.619. The van der Waals surface area contributed by atoms with Crippen LogP contribution in [-0.2, 0) is 14.4 Å². The van der Waals surface area contributed by atoms with Gasteiger partial charge < -0.3 is 15.1 Å². The summed E-state index contributed by atoms with van der Waals surface area (Å²) < 4.78 is 0. The molecule has 0 unspecified atom stereocenters. The molecule has 1 fully saturated rings. The highest BCUT2D eigenvalue weighted by molar-refractivity contribution is 6.06. The van der Waals surface area contributed by atoms with Gasteiger partial charge in [-0.05, 0) is 13.8 Å². The van der Waals surface area contributed by atoms with Gasteiger partial charge in [-0.15, -0.1) is 0 Å². The van der Waals surface area contributed by atoms with E-state index in [4.69, 9.17) is 10.2 Å². The molecule has 1 aliphatic heterocycles. The lowest BCUT2D eigenvalue weighted by atomic mass is 10.0. The van der Waals surface area contributed by atoms with E-state index in [1.165, 1.54) is 11.9 Å². The second-order valence-corrected chi connectivity index (χ2v) is 4.95. The number of hydrogen-bond acceptors (Lipinski definition) is 4. The Kier molecular flexibility index (Phi) is 3.83. The third-order valence-corrected chi connectivity index (χ3v) is 3.30. The maximum absolute atomic E-state index is 12.0. The number of likely N-dealkylation sites (N-methyl/N-ethyl adjacent to an activating group) is 1. The third kappa shape index (κ3) is 2.67. The van der Waals surface area contributed by atoms with Gasteiger partial charge in [0.25, 0.3) is 5.91 Å². The van der Waals surface area contributed by atoms with Gasteiger partial charge in [0.2, 0.25) is 0 Å². The van der Waals surface area contributed by atoms with Gasteiger partial charge in [-0.2, -0.15) is 0 Å². The summed E-state index contributed by atoms with van der Waals surface area (Å²) in [5.41, 5.74) is -1.05. The molecule has 0 radical (unpaired) electrons. The first kappa shape index (κ1) is 14.9. The van der Waals surface area contributed by atoms with Crippen LogP contribution in [0, 0.1) is 5.92 Å². The van der Waals surface area contributed by atoms with Gasteiger partial charge in [0.15, 0.2) is 0 Å². The molecule has 1 atom stereocenters. The molecule has 0 aromatic carbocycles. The monoisotopic (exact) mass is 272 g/mol. The van der Waals surface area contributed by atoms with Crippen molar-refractivity contribution in [3.05, 3.63) is 0 Å². The fourth-order valence-corrected chi connectivity index (χ4v) is 1.80. The van der Waals surface area contributed by atoms with E-state index in [0.717, 1.165) is 4.90 Å². The van der Waals surface area contributed by atoms with Crippen LogP contribution in [0.25, 0.3) is 0 Å². The van der Waals surface area contributed by atoms with Crippen LogP contribution in [0.3, 0.4) is 0 Å². The van der Waals surface area contributed by atoms with Gasteiger partial charge in [-0.1, -0.05) is 0 Å². The number of carboxylic acids is 2. The van der Waals surface area contributed by atoms with E-state index in [0.29, 0.717) is 0 Å². The molecule has 0 spiro atoms. The second-order valence-electron chi connectivity index (χ2n) is 4.95. The van der Waals surface area contributed by atoms with Crippen molar-refractivity contribution < 1.29 is 29.4 Å². The van der Waals surface area contributed by atoms with Crippen molar-refractivity contribution in [1.82, 2.24) is 9.80 Å². The van der Waals surface area contributed by atoms with Crippen LogP contribution >= 0.6 is 0 Å². The summed E-state index contributed by atoms with van der Waals surface area (Å²) >= 11 is 0. The second kappa shape index (κ2) is 4.87. The van der Waals surface area contributed by atoms with Crippen LogP contribution in [0.2, 0.25) is 0 Å². The number of carbonyl (C=O) groups is 4. The quantitative estimate of drug-likeness (QED) is 0.671. The van der Waals surface area contributed by atoms with Crippen LogP contribution in [0.15, 0.2) is 0 Å². The van der Waals surface area contributed by atoms with E-state index < -0.39 is 48.3 Å². The number of hydrogen-bond donors (Lipinski definition) is 2. The van der Waals surface area contributed by atoms with E-state index >= 15 is 0 Å². The lowest BCUT2D eigenvalue weighted by molar-refractivity contribution is -0.149. The number of urea groups is 1. The number of imide groups is 1. The normalized spacial score (nSPS) is 19.7. The fourth-order valence-electron chi connectivity index (χ4n) is 1.80. The number of carboxylic acid groups (broad SMARTS) is 2. The molecule has 19 heavy (non-hydrogen) atoms. The van der Waals surface area contributed by atoms with Crippen molar-refractivity contribution in [2.24, 2.45) is 5.92 Å². The summed E-state index contributed by atoms with van der Waals surface area (Å²) in [6.07, 6.45) is -0.642. The Balaban J connectivity index is 2.92. The Bertz CT molecular complexity index is 444. The van der Waals surface area contributed by atoms with E-state index in [-0.39, 0.29) is 0 Å². The number of carbonyl (C=O) groups excluding carboxylic acids is 2. The first-order chi connectivity index (χ1) is 8.59. The molecule has 0 aliphatic carbocycles. The minimum atomic E-state index is -1.35. The minimum absolute atomic E-state index is 0.437. The fraction of sp³-hybridized carbons (Fsp3) is 0.636. The largest absolute Gasteiger partial charge is 0.481 e. The lowest BCUT2D eigenvalue weighted by Crippen LogP contribution is -2.42. The standard InChI is InChI=1S/C11H16N2O6/c1-11(2)9(18)13(10(19)12(11)3)5-6(8(16)17)4-7(14)15/h6H,4-5H2,1-3H3,(H,14,15)(H,16,17)/t6-/m1/s1. The van der Waals surface area contributed by atoms with Crippen molar-refractivity contribution in [3.63, 3.8) is 0 Å². The molecular formula is C11H16N2O6. The molecule has 0 saturated carbocycles. The molecular weight excluding hydrogens is 256 g/mol. The highest BCUT2D eigenvalue weighted by atomic mass is 16.4.